The summed E-state index contributed by atoms with van der Waals surface area (Å²) in [6.07, 6.45) is -0.759. The van der Waals surface area contributed by atoms with E-state index in [4.69, 9.17) is 10.00 Å². The van der Waals surface area contributed by atoms with Crippen molar-refractivity contribution in [3.8, 4) is 17.6 Å². The Kier molecular flexibility index (Phi) is 4.38. The highest BCUT2D eigenvalue weighted by Crippen LogP contribution is 2.34. The molecular formula is C15H11BrFNO2. The molecule has 102 valence electrons. The smallest absolute Gasteiger partial charge is 0.144 e. The van der Waals surface area contributed by atoms with Gasteiger partial charge in [0.25, 0.3) is 0 Å². The topological polar surface area (TPSA) is 53.2 Å². The monoisotopic (exact) mass is 335 g/mol. The molecule has 2 rings (SSSR count). The van der Waals surface area contributed by atoms with E-state index in [9.17, 15) is 9.50 Å². The predicted octanol–water partition coefficient (Wildman–Crippen LogP) is 4.31. The summed E-state index contributed by atoms with van der Waals surface area (Å²) in [6, 6.07) is 10.8. The SMILES string of the molecule is C[C@@H](O)c1ccc(C#N)cc1Oc1cc(F)ccc1Br. The zero-order chi connectivity index (χ0) is 14.7. The number of benzene rings is 2. The van der Waals surface area contributed by atoms with Crippen molar-refractivity contribution in [3.63, 3.8) is 0 Å². The van der Waals surface area contributed by atoms with Gasteiger partial charge in [0.1, 0.15) is 17.3 Å². The molecule has 0 aliphatic carbocycles. The molecule has 0 heterocycles. The fourth-order valence-corrected chi connectivity index (χ4v) is 2.04. The Morgan fingerprint density at radius 3 is 2.65 bits per heavy atom. The van der Waals surface area contributed by atoms with E-state index in [1.807, 2.05) is 6.07 Å². The number of hydrogen-bond donors (Lipinski definition) is 1. The molecule has 2 aromatic carbocycles. The third-order valence-corrected chi connectivity index (χ3v) is 3.36. The maximum Gasteiger partial charge on any atom is 0.144 e. The van der Waals surface area contributed by atoms with Gasteiger partial charge in [-0.3, -0.25) is 0 Å². The summed E-state index contributed by atoms with van der Waals surface area (Å²) in [4.78, 5) is 0. The van der Waals surface area contributed by atoms with Crippen LogP contribution in [-0.2, 0) is 0 Å². The molecule has 0 bridgehead atoms. The molecule has 0 spiro atoms. The Morgan fingerprint density at radius 1 is 1.25 bits per heavy atom. The van der Waals surface area contributed by atoms with Crippen LogP contribution in [0.4, 0.5) is 4.39 Å². The van der Waals surface area contributed by atoms with E-state index < -0.39 is 11.9 Å². The number of rotatable bonds is 3. The van der Waals surface area contributed by atoms with Gasteiger partial charge in [-0.2, -0.15) is 5.26 Å². The van der Waals surface area contributed by atoms with E-state index in [1.54, 1.807) is 19.1 Å². The molecule has 5 heteroatoms. The summed E-state index contributed by atoms with van der Waals surface area (Å²) in [5, 5.41) is 18.6. The summed E-state index contributed by atoms with van der Waals surface area (Å²) in [6.45, 7) is 1.59. The zero-order valence-electron chi connectivity index (χ0n) is 10.6. The van der Waals surface area contributed by atoms with Gasteiger partial charge in [-0.05, 0) is 47.1 Å². The first-order valence-corrected chi connectivity index (χ1v) is 6.65. The first-order valence-electron chi connectivity index (χ1n) is 5.86. The maximum atomic E-state index is 13.3. The van der Waals surface area contributed by atoms with Crippen LogP contribution >= 0.6 is 15.9 Å². The third kappa shape index (κ3) is 3.16. The Bertz CT molecular complexity index is 680. The molecular weight excluding hydrogens is 325 g/mol. The number of hydrogen-bond acceptors (Lipinski definition) is 3. The van der Waals surface area contributed by atoms with Gasteiger partial charge >= 0.3 is 0 Å². The van der Waals surface area contributed by atoms with Crippen molar-refractivity contribution in [2.75, 3.05) is 0 Å². The van der Waals surface area contributed by atoms with E-state index in [0.717, 1.165) is 0 Å². The third-order valence-electron chi connectivity index (χ3n) is 2.71. The lowest BCUT2D eigenvalue weighted by molar-refractivity contribution is 0.195. The van der Waals surface area contributed by atoms with Gasteiger partial charge < -0.3 is 9.84 Å². The minimum absolute atomic E-state index is 0.280. The number of nitrogens with zero attached hydrogens (tertiary/aromatic N) is 1. The van der Waals surface area contributed by atoms with Crippen LogP contribution in [0.15, 0.2) is 40.9 Å². The second kappa shape index (κ2) is 6.04. The number of ether oxygens (including phenoxy) is 1. The van der Waals surface area contributed by atoms with Gasteiger partial charge in [0.2, 0.25) is 0 Å². The van der Waals surface area contributed by atoms with Crippen LogP contribution in [0.25, 0.3) is 0 Å². The molecule has 3 nitrogen and oxygen atoms in total. The van der Waals surface area contributed by atoms with Crippen molar-refractivity contribution < 1.29 is 14.2 Å². The molecule has 0 saturated heterocycles. The van der Waals surface area contributed by atoms with E-state index in [1.165, 1.54) is 24.3 Å². The van der Waals surface area contributed by atoms with Crippen molar-refractivity contribution in [2.45, 2.75) is 13.0 Å². The highest BCUT2D eigenvalue weighted by atomic mass is 79.9. The Morgan fingerprint density at radius 2 is 2.00 bits per heavy atom. The van der Waals surface area contributed by atoms with Crippen LogP contribution in [0.2, 0.25) is 0 Å². The van der Waals surface area contributed by atoms with Crippen LogP contribution in [0.5, 0.6) is 11.5 Å². The van der Waals surface area contributed by atoms with Crippen molar-refractivity contribution in [3.05, 3.63) is 57.8 Å². The van der Waals surface area contributed by atoms with Crippen molar-refractivity contribution in [1.29, 1.82) is 5.26 Å². The molecule has 0 fully saturated rings. The summed E-state index contributed by atoms with van der Waals surface area (Å²) in [5.41, 5.74) is 0.928. The summed E-state index contributed by atoms with van der Waals surface area (Å²) in [5.74, 6) is 0.172. The fourth-order valence-electron chi connectivity index (χ4n) is 1.71. The largest absolute Gasteiger partial charge is 0.456 e. The second-order valence-corrected chi connectivity index (χ2v) is 5.07. The molecule has 1 atom stereocenters. The van der Waals surface area contributed by atoms with E-state index in [0.29, 0.717) is 21.3 Å². The molecule has 1 N–H and O–H groups in total. The maximum absolute atomic E-state index is 13.3. The van der Waals surface area contributed by atoms with Crippen LogP contribution in [0, 0.1) is 17.1 Å². The van der Waals surface area contributed by atoms with Crippen LogP contribution in [-0.4, -0.2) is 5.11 Å². The van der Waals surface area contributed by atoms with E-state index in [2.05, 4.69) is 15.9 Å². The average molecular weight is 336 g/mol. The van der Waals surface area contributed by atoms with Crippen LogP contribution < -0.4 is 4.74 Å². The highest BCUT2D eigenvalue weighted by Gasteiger charge is 2.13. The number of nitriles is 1. The van der Waals surface area contributed by atoms with Gasteiger partial charge in [0, 0.05) is 11.6 Å². The minimum atomic E-state index is -0.759. The molecule has 0 radical (unpaired) electrons. The van der Waals surface area contributed by atoms with Crippen molar-refractivity contribution in [2.24, 2.45) is 0 Å². The summed E-state index contributed by atoms with van der Waals surface area (Å²) in [7, 11) is 0. The highest BCUT2D eigenvalue weighted by molar-refractivity contribution is 9.10. The molecule has 0 unspecified atom stereocenters. The molecule has 0 aromatic heterocycles. The predicted molar refractivity (Wildman–Crippen MR) is 76.0 cm³/mol. The molecule has 0 aliphatic heterocycles. The van der Waals surface area contributed by atoms with Crippen LogP contribution in [0.1, 0.15) is 24.2 Å². The standard InChI is InChI=1S/C15H11BrFNO2/c1-9(19)12-4-2-10(8-18)6-14(12)20-15-7-11(17)3-5-13(15)16/h2-7,9,19H,1H3/t9-/m1/s1. The van der Waals surface area contributed by atoms with Crippen molar-refractivity contribution >= 4 is 15.9 Å². The van der Waals surface area contributed by atoms with Crippen molar-refractivity contribution in [1.82, 2.24) is 0 Å². The fraction of sp³-hybridized carbons (Fsp3) is 0.133. The van der Waals surface area contributed by atoms with Crippen LogP contribution in [0.3, 0.4) is 0 Å². The van der Waals surface area contributed by atoms with Gasteiger partial charge in [-0.1, -0.05) is 6.07 Å². The zero-order valence-corrected chi connectivity index (χ0v) is 12.2. The first kappa shape index (κ1) is 14.5. The summed E-state index contributed by atoms with van der Waals surface area (Å²) >= 11 is 3.27. The van der Waals surface area contributed by atoms with Gasteiger partial charge in [0.15, 0.2) is 0 Å². The van der Waals surface area contributed by atoms with Gasteiger partial charge in [-0.15, -0.1) is 0 Å². The average Bonchev–Trinajstić information content (AvgIpc) is 2.42. The molecule has 0 aliphatic rings. The minimum Gasteiger partial charge on any atom is -0.456 e. The van der Waals surface area contributed by atoms with Gasteiger partial charge in [0.05, 0.1) is 22.2 Å². The molecule has 0 amide bonds. The lowest BCUT2D eigenvalue weighted by Gasteiger charge is -2.14. The molecule has 0 saturated carbocycles. The van der Waals surface area contributed by atoms with Gasteiger partial charge in [-0.25, -0.2) is 4.39 Å². The van der Waals surface area contributed by atoms with E-state index in [-0.39, 0.29) is 5.75 Å². The molecule has 2 aromatic rings. The second-order valence-electron chi connectivity index (χ2n) is 4.22. The normalized spacial score (nSPS) is 11.8. The van der Waals surface area contributed by atoms with E-state index >= 15 is 0 Å². The number of aliphatic hydroxyl groups is 1. The molecule has 20 heavy (non-hydrogen) atoms. The summed E-state index contributed by atoms with van der Waals surface area (Å²) < 4.78 is 19.5. The quantitative estimate of drug-likeness (QED) is 0.909. The first-order chi connectivity index (χ1) is 9.51. The Hall–Kier alpha value is -1.90. The number of halogens is 2. The Labute approximate surface area is 124 Å². The Balaban J connectivity index is 2.46. The lowest BCUT2D eigenvalue weighted by atomic mass is 10.1. The lowest BCUT2D eigenvalue weighted by Crippen LogP contribution is -1.97. The number of aliphatic hydroxyl groups excluding tert-OH is 1.